The summed E-state index contributed by atoms with van der Waals surface area (Å²) in [6, 6.07) is 13.7. The van der Waals surface area contributed by atoms with Crippen LogP contribution in [0.15, 0.2) is 60.0 Å². The van der Waals surface area contributed by atoms with Gasteiger partial charge in [-0.05, 0) is 34.2 Å². The molecule has 2 N–H and O–H groups in total. The molecule has 3 rings (SSSR count). The fourth-order valence-corrected chi connectivity index (χ4v) is 2.88. The first-order valence-electron chi connectivity index (χ1n) is 6.49. The van der Waals surface area contributed by atoms with Crippen molar-refractivity contribution in [3.05, 3.63) is 60.4 Å². The minimum absolute atomic E-state index is 0.0622. The Morgan fingerprint density at radius 3 is 2.71 bits per heavy atom. The van der Waals surface area contributed by atoms with Gasteiger partial charge in [0.15, 0.2) is 0 Å². The van der Waals surface area contributed by atoms with Crippen LogP contribution in [0.1, 0.15) is 10.8 Å². The second-order valence-corrected chi connectivity index (χ2v) is 5.51. The van der Waals surface area contributed by atoms with Gasteiger partial charge in [0.05, 0.1) is 10.9 Å². The molecule has 0 saturated carbocycles. The Labute approximate surface area is 126 Å². The highest BCUT2D eigenvalue weighted by Gasteiger charge is 2.17. The van der Waals surface area contributed by atoms with Gasteiger partial charge in [0.2, 0.25) is 5.16 Å². The first kappa shape index (κ1) is 13.7. The van der Waals surface area contributed by atoms with E-state index in [2.05, 4.69) is 20.5 Å². The van der Waals surface area contributed by atoms with E-state index in [9.17, 15) is 0 Å². The zero-order chi connectivity index (χ0) is 14.5. The Bertz CT molecular complexity index is 685. The van der Waals surface area contributed by atoms with Crippen LogP contribution < -0.4 is 5.73 Å². The van der Waals surface area contributed by atoms with Crippen LogP contribution in [0.2, 0.25) is 0 Å². The normalized spacial score (nSPS) is 12.2. The van der Waals surface area contributed by atoms with Gasteiger partial charge < -0.3 is 5.73 Å². The molecule has 0 fully saturated rings. The van der Waals surface area contributed by atoms with E-state index in [0.717, 1.165) is 11.3 Å². The van der Waals surface area contributed by atoms with E-state index in [1.54, 1.807) is 10.9 Å². The summed E-state index contributed by atoms with van der Waals surface area (Å²) in [5.41, 5.74) is 7.87. The van der Waals surface area contributed by atoms with Gasteiger partial charge in [-0.1, -0.05) is 36.0 Å². The number of nitrogens with zero attached hydrogens (tertiary/aromatic N) is 5. The fourth-order valence-electron chi connectivity index (χ4n) is 1.93. The third kappa shape index (κ3) is 3.09. The van der Waals surface area contributed by atoms with Crippen molar-refractivity contribution in [2.75, 3.05) is 6.54 Å². The Hall–Kier alpha value is -2.25. The van der Waals surface area contributed by atoms with Gasteiger partial charge in [0, 0.05) is 18.9 Å². The molecule has 1 atom stereocenters. The molecular formula is C14H14N6S. The monoisotopic (exact) mass is 298 g/mol. The number of para-hydroxylation sites is 1. The maximum atomic E-state index is 5.88. The van der Waals surface area contributed by atoms with Crippen LogP contribution in [0.5, 0.6) is 0 Å². The summed E-state index contributed by atoms with van der Waals surface area (Å²) in [7, 11) is 0. The zero-order valence-electron chi connectivity index (χ0n) is 11.2. The highest BCUT2D eigenvalue weighted by atomic mass is 32.2. The van der Waals surface area contributed by atoms with Gasteiger partial charge in [0.25, 0.3) is 0 Å². The van der Waals surface area contributed by atoms with Gasteiger partial charge in [-0.15, -0.1) is 5.10 Å². The molecule has 21 heavy (non-hydrogen) atoms. The smallest absolute Gasteiger partial charge is 0.214 e. The van der Waals surface area contributed by atoms with Gasteiger partial charge in [-0.25, -0.2) is 0 Å². The van der Waals surface area contributed by atoms with E-state index in [0.29, 0.717) is 11.7 Å². The predicted molar refractivity (Wildman–Crippen MR) is 81.0 cm³/mol. The highest BCUT2D eigenvalue weighted by Crippen LogP contribution is 2.33. The third-order valence-electron chi connectivity index (χ3n) is 2.96. The molecule has 0 radical (unpaired) electrons. The molecule has 0 aliphatic rings. The summed E-state index contributed by atoms with van der Waals surface area (Å²) in [5, 5.41) is 12.7. The first-order valence-corrected chi connectivity index (χ1v) is 7.37. The molecule has 0 saturated heterocycles. The maximum absolute atomic E-state index is 5.88. The third-order valence-corrected chi connectivity index (χ3v) is 4.17. The Morgan fingerprint density at radius 1 is 1.14 bits per heavy atom. The Morgan fingerprint density at radius 2 is 2.00 bits per heavy atom. The van der Waals surface area contributed by atoms with Crippen molar-refractivity contribution in [1.82, 2.24) is 25.2 Å². The van der Waals surface area contributed by atoms with Gasteiger partial charge in [-0.2, -0.15) is 4.68 Å². The van der Waals surface area contributed by atoms with Crippen LogP contribution in [0.3, 0.4) is 0 Å². The number of thioether (sulfide) groups is 1. The van der Waals surface area contributed by atoms with Crippen molar-refractivity contribution in [1.29, 1.82) is 0 Å². The van der Waals surface area contributed by atoms with Crippen molar-refractivity contribution >= 4 is 11.8 Å². The minimum atomic E-state index is 0.0622. The molecule has 106 valence electrons. The molecule has 2 heterocycles. The molecule has 7 heteroatoms. The second kappa shape index (κ2) is 6.47. The minimum Gasteiger partial charge on any atom is -0.329 e. The summed E-state index contributed by atoms with van der Waals surface area (Å²) >= 11 is 1.53. The van der Waals surface area contributed by atoms with Crippen molar-refractivity contribution in [3.8, 4) is 5.69 Å². The number of hydrogen-bond donors (Lipinski definition) is 1. The molecule has 1 aromatic carbocycles. The molecule has 3 aromatic rings. The van der Waals surface area contributed by atoms with E-state index < -0.39 is 0 Å². The number of benzene rings is 1. The van der Waals surface area contributed by atoms with E-state index in [4.69, 9.17) is 5.73 Å². The molecule has 6 nitrogen and oxygen atoms in total. The van der Waals surface area contributed by atoms with Crippen LogP contribution in [-0.2, 0) is 0 Å². The van der Waals surface area contributed by atoms with E-state index in [-0.39, 0.29) is 5.25 Å². The van der Waals surface area contributed by atoms with E-state index in [1.807, 2.05) is 48.7 Å². The van der Waals surface area contributed by atoms with Crippen molar-refractivity contribution in [2.45, 2.75) is 10.4 Å². The summed E-state index contributed by atoms with van der Waals surface area (Å²) in [6.07, 6.45) is 3.57. The number of aromatic nitrogens is 5. The predicted octanol–water partition coefficient (Wildman–Crippen LogP) is 1.85. The van der Waals surface area contributed by atoms with Crippen molar-refractivity contribution in [2.24, 2.45) is 5.73 Å². The summed E-state index contributed by atoms with van der Waals surface area (Å²) in [5.74, 6) is 0. The molecule has 0 bridgehead atoms. The molecule has 0 spiro atoms. The van der Waals surface area contributed by atoms with Crippen LogP contribution >= 0.6 is 11.8 Å². The van der Waals surface area contributed by atoms with Crippen LogP contribution in [-0.4, -0.2) is 31.7 Å². The van der Waals surface area contributed by atoms with Gasteiger partial charge in [0.1, 0.15) is 0 Å². The molecule has 0 aliphatic carbocycles. The Balaban J connectivity index is 1.87. The van der Waals surface area contributed by atoms with Crippen molar-refractivity contribution in [3.63, 3.8) is 0 Å². The SMILES string of the molecule is NCC(Sc1nnnn1-c1ccccc1)c1cccnc1. The number of hydrogen-bond acceptors (Lipinski definition) is 6. The van der Waals surface area contributed by atoms with Crippen LogP contribution in [0.4, 0.5) is 0 Å². The number of rotatable bonds is 5. The Kier molecular flexibility index (Phi) is 4.23. The van der Waals surface area contributed by atoms with E-state index in [1.165, 1.54) is 11.8 Å². The van der Waals surface area contributed by atoms with E-state index >= 15 is 0 Å². The van der Waals surface area contributed by atoms with Crippen molar-refractivity contribution < 1.29 is 0 Å². The molecule has 0 amide bonds. The molecular weight excluding hydrogens is 284 g/mol. The molecule has 0 aliphatic heterocycles. The summed E-state index contributed by atoms with van der Waals surface area (Å²) in [6.45, 7) is 0.484. The molecule has 2 aromatic heterocycles. The van der Waals surface area contributed by atoms with Gasteiger partial charge in [-0.3, -0.25) is 4.98 Å². The fraction of sp³-hybridized carbons (Fsp3) is 0.143. The van der Waals surface area contributed by atoms with Gasteiger partial charge >= 0.3 is 0 Å². The largest absolute Gasteiger partial charge is 0.329 e. The lowest BCUT2D eigenvalue weighted by atomic mass is 10.2. The lowest BCUT2D eigenvalue weighted by Gasteiger charge is -2.13. The maximum Gasteiger partial charge on any atom is 0.214 e. The average Bonchev–Trinajstić information content (AvgIpc) is 3.02. The zero-order valence-corrected chi connectivity index (χ0v) is 12.0. The summed E-state index contributed by atoms with van der Waals surface area (Å²) in [4.78, 5) is 4.14. The number of nitrogens with two attached hydrogens (primary N) is 1. The molecule has 1 unspecified atom stereocenters. The second-order valence-electron chi connectivity index (χ2n) is 4.34. The quantitative estimate of drug-likeness (QED) is 0.724. The lowest BCUT2D eigenvalue weighted by Crippen LogP contribution is -2.11. The van der Waals surface area contributed by atoms with Crippen LogP contribution in [0, 0.1) is 0 Å². The lowest BCUT2D eigenvalue weighted by molar-refractivity contribution is 0.754. The topological polar surface area (TPSA) is 82.5 Å². The average molecular weight is 298 g/mol. The first-order chi connectivity index (χ1) is 10.4. The highest BCUT2D eigenvalue weighted by molar-refractivity contribution is 7.99. The standard InChI is InChI=1S/C14H14N6S/c15-9-13(11-5-4-8-16-10-11)21-14-17-18-19-20(14)12-6-2-1-3-7-12/h1-8,10,13H,9,15H2. The number of pyridine rings is 1. The summed E-state index contributed by atoms with van der Waals surface area (Å²) < 4.78 is 1.71. The number of tetrazole rings is 1. The van der Waals surface area contributed by atoms with Crippen LogP contribution in [0.25, 0.3) is 5.69 Å².